The van der Waals surface area contributed by atoms with E-state index in [0.29, 0.717) is 5.82 Å². The average Bonchev–Trinajstić information content (AvgIpc) is 2.92. The van der Waals surface area contributed by atoms with Gasteiger partial charge in [-0.05, 0) is 0 Å². The number of aromatic nitrogens is 3. The fourth-order valence-electron chi connectivity index (χ4n) is 2.40. The van der Waals surface area contributed by atoms with E-state index in [1.54, 1.807) is 23.4 Å². The SMILES string of the molecule is COc1ccc(-n2c(C(=O)Nc3ccc(C)cc3)nn(C)c2=[Se])cc1. The summed E-state index contributed by atoms with van der Waals surface area (Å²) in [5.41, 5.74) is 2.68. The Morgan fingerprint density at radius 3 is 2.36 bits per heavy atom. The zero-order chi connectivity index (χ0) is 18.0. The fourth-order valence-corrected chi connectivity index (χ4v) is 2.89. The predicted octanol–water partition coefficient (Wildman–Crippen LogP) is 2.48. The van der Waals surface area contributed by atoms with Crippen molar-refractivity contribution < 1.29 is 9.53 Å². The van der Waals surface area contributed by atoms with Gasteiger partial charge in [-0.3, -0.25) is 0 Å². The van der Waals surface area contributed by atoms with Gasteiger partial charge in [0.2, 0.25) is 0 Å². The van der Waals surface area contributed by atoms with E-state index in [1.165, 1.54) is 0 Å². The summed E-state index contributed by atoms with van der Waals surface area (Å²) in [7, 11) is 3.40. The second kappa shape index (κ2) is 7.09. The van der Waals surface area contributed by atoms with Gasteiger partial charge >= 0.3 is 153 Å². The van der Waals surface area contributed by atoms with Crippen LogP contribution in [-0.4, -0.2) is 42.9 Å². The maximum absolute atomic E-state index is 12.7. The number of nitrogens with zero attached hydrogens (tertiary/aromatic N) is 3. The number of rotatable bonds is 4. The zero-order valence-electron chi connectivity index (χ0n) is 14.2. The van der Waals surface area contributed by atoms with Gasteiger partial charge in [0.25, 0.3) is 0 Å². The van der Waals surface area contributed by atoms with E-state index in [-0.39, 0.29) is 5.91 Å². The van der Waals surface area contributed by atoms with Gasteiger partial charge in [0.1, 0.15) is 0 Å². The molecule has 0 radical (unpaired) electrons. The summed E-state index contributed by atoms with van der Waals surface area (Å²) in [5.74, 6) is 0.763. The molecule has 7 heteroatoms. The summed E-state index contributed by atoms with van der Waals surface area (Å²) in [6.07, 6.45) is 0. The van der Waals surface area contributed by atoms with Crippen LogP contribution in [0.15, 0.2) is 48.5 Å². The van der Waals surface area contributed by atoms with E-state index in [4.69, 9.17) is 4.74 Å². The summed E-state index contributed by atoms with van der Waals surface area (Å²) >= 11 is 2.96. The molecule has 3 rings (SSSR count). The number of hydrogen-bond donors (Lipinski definition) is 1. The maximum atomic E-state index is 12.7. The van der Waals surface area contributed by atoms with Crippen LogP contribution in [0.5, 0.6) is 5.75 Å². The van der Waals surface area contributed by atoms with Gasteiger partial charge in [0.15, 0.2) is 0 Å². The molecule has 0 saturated heterocycles. The first kappa shape index (κ1) is 17.2. The van der Waals surface area contributed by atoms with Gasteiger partial charge < -0.3 is 0 Å². The Morgan fingerprint density at radius 1 is 1.12 bits per heavy atom. The van der Waals surface area contributed by atoms with E-state index < -0.39 is 0 Å². The summed E-state index contributed by atoms with van der Waals surface area (Å²) in [6, 6.07) is 15.1. The molecular formula is C18H18N4O2Se. The molecule has 1 amide bonds. The number of ether oxygens (including phenoxy) is 1. The number of amides is 1. The monoisotopic (exact) mass is 402 g/mol. The van der Waals surface area contributed by atoms with Gasteiger partial charge in [0, 0.05) is 0 Å². The van der Waals surface area contributed by atoms with Crippen LogP contribution in [0.25, 0.3) is 5.69 Å². The molecule has 0 aliphatic carbocycles. The Labute approximate surface area is 153 Å². The Bertz CT molecular complexity index is 956. The Hall–Kier alpha value is -2.63. The Morgan fingerprint density at radius 2 is 1.76 bits per heavy atom. The molecule has 1 heterocycles. The van der Waals surface area contributed by atoms with Gasteiger partial charge in [-0.1, -0.05) is 0 Å². The summed E-state index contributed by atoms with van der Waals surface area (Å²) in [5, 5.41) is 7.23. The molecule has 0 aliphatic heterocycles. The average molecular weight is 401 g/mol. The first-order valence-corrected chi connectivity index (χ1v) is 8.54. The van der Waals surface area contributed by atoms with Crippen LogP contribution in [0.2, 0.25) is 0 Å². The number of benzene rings is 2. The topological polar surface area (TPSA) is 61.1 Å². The summed E-state index contributed by atoms with van der Waals surface area (Å²) in [4.78, 5) is 12.7. The zero-order valence-corrected chi connectivity index (χ0v) is 15.9. The molecule has 0 spiro atoms. The third-order valence-corrected chi connectivity index (χ3v) is 4.71. The van der Waals surface area contributed by atoms with Crippen molar-refractivity contribution in [3.05, 3.63) is 64.2 Å². The molecule has 1 N–H and O–H groups in total. The van der Waals surface area contributed by atoms with Crippen molar-refractivity contribution in [2.24, 2.45) is 7.05 Å². The second-order valence-corrected chi connectivity index (χ2v) is 6.35. The van der Waals surface area contributed by atoms with Gasteiger partial charge in [-0.15, -0.1) is 0 Å². The molecule has 0 aliphatic rings. The molecule has 128 valence electrons. The predicted molar refractivity (Wildman–Crippen MR) is 97.2 cm³/mol. The van der Waals surface area contributed by atoms with Crippen LogP contribution >= 0.6 is 0 Å². The number of anilines is 1. The van der Waals surface area contributed by atoms with Crippen molar-refractivity contribution in [1.29, 1.82) is 0 Å². The van der Waals surface area contributed by atoms with Crippen molar-refractivity contribution in [1.82, 2.24) is 14.3 Å². The minimum atomic E-state index is -0.281. The number of hydrogen-bond acceptors (Lipinski definition) is 3. The Balaban J connectivity index is 1.98. The van der Waals surface area contributed by atoms with Gasteiger partial charge in [0.05, 0.1) is 0 Å². The van der Waals surface area contributed by atoms with Crippen LogP contribution in [0.4, 0.5) is 5.69 Å². The molecule has 0 fully saturated rings. The molecule has 1 aromatic heterocycles. The standard InChI is InChI=1S/C18H18N4O2Se/c1-12-4-6-13(7-5-12)19-17(23)16-20-21(2)18(25)22(16)14-8-10-15(24-3)11-9-14/h4-11H,1-3H3,(H,19,23). The molecule has 0 bridgehead atoms. The summed E-state index contributed by atoms with van der Waals surface area (Å²) in [6.45, 7) is 2.00. The van der Waals surface area contributed by atoms with Crippen LogP contribution < -0.4 is 10.1 Å². The number of methoxy groups -OCH3 is 1. The van der Waals surface area contributed by atoms with Gasteiger partial charge in [-0.25, -0.2) is 0 Å². The summed E-state index contributed by atoms with van der Waals surface area (Å²) < 4.78 is 9.31. The van der Waals surface area contributed by atoms with Gasteiger partial charge in [-0.2, -0.15) is 0 Å². The quantitative estimate of drug-likeness (QED) is 0.684. The third-order valence-electron chi connectivity index (χ3n) is 3.77. The van der Waals surface area contributed by atoms with Crippen LogP contribution in [-0.2, 0) is 7.05 Å². The number of carbonyl (C=O) groups is 1. The molecule has 25 heavy (non-hydrogen) atoms. The normalized spacial score (nSPS) is 10.5. The van der Waals surface area contributed by atoms with Crippen molar-refractivity contribution in [3.8, 4) is 11.4 Å². The van der Waals surface area contributed by atoms with E-state index in [2.05, 4.69) is 26.0 Å². The van der Waals surface area contributed by atoms with Crippen molar-refractivity contribution in [2.45, 2.75) is 6.92 Å². The fraction of sp³-hybridized carbons (Fsp3) is 0.167. The van der Waals surface area contributed by atoms with E-state index in [0.717, 1.165) is 27.0 Å². The van der Waals surface area contributed by atoms with E-state index in [1.807, 2.05) is 55.5 Å². The molecular weight excluding hydrogens is 383 g/mol. The third kappa shape index (κ3) is 3.57. The second-order valence-electron chi connectivity index (χ2n) is 5.58. The number of aryl methyl sites for hydroxylation is 2. The Kier molecular flexibility index (Phi) is 4.88. The van der Waals surface area contributed by atoms with Crippen LogP contribution in [0, 0.1) is 11.2 Å². The van der Waals surface area contributed by atoms with Crippen molar-refractivity contribution in [2.75, 3.05) is 12.4 Å². The molecule has 3 aromatic rings. The molecule has 6 nitrogen and oxygen atoms in total. The van der Waals surface area contributed by atoms with Crippen molar-refractivity contribution >= 4 is 27.2 Å². The number of carbonyl (C=O) groups excluding carboxylic acids is 1. The molecule has 0 atom stereocenters. The minimum absolute atomic E-state index is 0.281. The van der Waals surface area contributed by atoms with E-state index in [9.17, 15) is 4.79 Å². The first-order chi connectivity index (χ1) is 12.0. The van der Waals surface area contributed by atoms with Crippen LogP contribution in [0.1, 0.15) is 16.2 Å². The molecule has 0 saturated carbocycles. The molecule has 2 aromatic carbocycles. The first-order valence-electron chi connectivity index (χ1n) is 7.68. The van der Waals surface area contributed by atoms with E-state index >= 15 is 0 Å². The van der Waals surface area contributed by atoms with Crippen LogP contribution in [0.3, 0.4) is 0 Å². The van der Waals surface area contributed by atoms with Crippen molar-refractivity contribution in [3.63, 3.8) is 0 Å². The molecule has 0 unspecified atom stereocenters. The number of nitrogens with one attached hydrogen (secondary N) is 1.